The number of para-hydroxylation sites is 2. The maximum absolute atomic E-state index is 11.8. The van der Waals surface area contributed by atoms with Crippen LogP contribution in [-0.4, -0.2) is 17.6 Å². The second kappa shape index (κ2) is 6.80. The van der Waals surface area contributed by atoms with Crippen molar-refractivity contribution >= 4 is 33.5 Å². The van der Waals surface area contributed by atoms with Gasteiger partial charge in [0.15, 0.2) is 5.57 Å². The van der Waals surface area contributed by atoms with E-state index in [1.807, 2.05) is 54.6 Å². The standard InChI is InChI=1S/C19H15N3O2/c1-2-24-19(23)13(11-20)12-21-18-14-7-3-5-9-16(14)22-17-10-6-4-8-15(17)18/h3-10,12H,2H2,1H3,(H,21,22)/b13-12+. The number of aromatic nitrogens is 1. The summed E-state index contributed by atoms with van der Waals surface area (Å²) in [6.45, 7) is 1.92. The number of nitriles is 1. The van der Waals surface area contributed by atoms with Gasteiger partial charge in [0.05, 0.1) is 23.3 Å². The molecule has 5 nitrogen and oxygen atoms in total. The van der Waals surface area contributed by atoms with Crippen molar-refractivity contribution < 1.29 is 9.53 Å². The number of nitrogens with zero attached hydrogens (tertiary/aromatic N) is 2. The molecule has 0 amide bonds. The Hall–Kier alpha value is -3.39. The molecule has 2 aromatic carbocycles. The summed E-state index contributed by atoms with van der Waals surface area (Å²) in [5.41, 5.74) is 2.39. The molecular weight excluding hydrogens is 302 g/mol. The monoisotopic (exact) mass is 317 g/mol. The van der Waals surface area contributed by atoms with Gasteiger partial charge in [-0.2, -0.15) is 5.26 Å². The second-order valence-corrected chi connectivity index (χ2v) is 5.06. The van der Waals surface area contributed by atoms with Gasteiger partial charge in [0.25, 0.3) is 0 Å². The number of carbonyl (C=O) groups excluding carboxylic acids is 1. The number of anilines is 1. The summed E-state index contributed by atoms with van der Waals surface area (Å²) in [4.78, 5) is 16.4. The molecule has 3 aromatic rings. The number of ether oxygens (including phenoxy) is 1. The van der Waals surface area contributed by atoms with Crippen LogP contribution in [0.4, 0.5) is 5.69 Å². The Morgan fingerprint density at radius 3 is 2.29 bits per heavy atom. The molecule has 0 radical (unpaired) electrons. The van der Waals surface area contributed by atoms with E-state index in [1.54, 1.807) is 6.92 Å². The van der Waals surface area contributed by atoms with Crippen LogP contribution in [0.15, 0.2) is 60.3 Å². The van der Waals surface area contributed by atoms with Crippen LogP contribution < -0.4 is 5.32 Å². The summed E-state index contributed by atoms with van der Waals surface area (Å²) in [6.07, 6.45) is 1.38. The van der Waals surface area contributed by atoms with E-state index in [4.69, 9.17) is 10.00 Å². The van der Waals surface area contributed by atoms with Crippen LogP contribution in [-0.2, 0) is 9.53 Å². The first-order chi connectivity index (χ1) is 11.7. The van der Waals surface area contributed by atoms with Crippen molar-refractivity contribution in [2.75, 3.05) is 11.9 Å². The Labute approximate surface area is 139 Å². The predicted molar refractivity (Wildman–Crippen MR) is 93.2 cm³/mol. The van der Waals surface area contributed by atoms with Crippen LogP contribution >= 0.6 is 0 Å². The molecule has 24 heavy (non-hydrogen) atoms. The van der Waals surface area contributed by atoms with Crippen LogP contribution in [0.1, 0.15) is 6.92 Å². The quantitative estimate of drug-likeness (QED) is 0.343. The normalized spacial score (nSPS) is 11.2. The molecule has 0 aliphatic carbocycles. The molecule has 0 saturated carbocycles. The minimum absolute atomic E-state index is 0.0816. The minimum Gasteiger partial charge on any atom is -0.462 e. The Morgan fingerprint density at radius 2 is 1.75 bits per heavy atom. The Kier molecular flexibility index (Phi) is 4.39. The van der Waals surface area contributed by atoms with Crippen LogP contribution in [0.5, 0.6) is 0 Å². The number of pyridine rings is 1. The lowest BCUT2D eigenvalue weighted by atomic mass is 10.1. The first-order valence-electron chi connectivity index (χ1n) is 7.56. The number of rotatable bonds is 4. The number of hydrogen-bond donors (Lipinski definition) is 1. The molecule has 0 atom stereocenters. The lowest BCUT2D eigenvalue weighted by Gasteiger charge is -2.11. The van der Waals surface area contributed by atoms with Gasteiger partial charge in [-0.3, -0.25) is 0 Å². The fourth-order valence-corrected chi connectivity index (χ4v) is 2.49. The molecule has 0 bridgehead atoms. The summed E-state index contributed by atoms with van der Waals surface area (Å²) in [5.74, 6) is -0.643. The van der Waals surface area contributed by atoms with E-state index in [1.165, 1.54) is 6.20 Å². The Morgan fingerprint density at radius 1 is 1.17 bits per heavy atom. The highest BCUT2D eigenvalue weighted by atomic mass is 16.5. The molecule has 0 aliphatic heterocycles. The highest BCUT2D eigenvalue weighted by Gasteiger charge is 2.11. The van der Waals surface area contributed by atoms with Crippen molar-refractivity contribution in [3.63, 3.8) is 0 Å². The highest BCUT2D eigenvalue weighted by Crippen LogP contribution is 2.30. The zero-order valence-electron chi connectivity index (χ0n) is 13.1. The zero-order chi connectivity index (χ0) is 16.9. The highest BCUT2D eigenvalue weighted by molar-refractivity contribution is 6.08. The Bertz CT molecular complexity index is 933. The maximum Gasteiger partial charge on any atom is 0.350 e. The minimum atomic E-state index is -0.643. The fraction of sp³-hybridized carbons (Fsp3) is 0.105. The van der Waals surface area contributed by atoms with Crippen molar-refractivity contribution in [2.45, 2.75) is 6.92 Å². The predicted octanol–water partition coefficient (Wildman–Crippen LogP) is 3.77. The first-order valence-corrected chi connectivity index (χ1v) is 7.56. The summed E-state index contributed by atoms with van der Waals surface area (Å²) in [7, 11) is 0. The molecule has 0 saturated heterocycles. The largest absolute Gasteiger partial charge is 0.462 e. The van der Waals surface area contributed by atoms with Gasteiger partial charge in [-0.15, -0.1) is 0 Å². The van der Waals surface area contributed by atoms with Crippen molar-refractivity contribution in [3.8, 4) is 6.07 Å². The third-order valence-corrected chi connectivity index (χ3v) is 3.56. The third-order valence-electron chi connectivity index (χ3n) is 3.56. The lowest BCUT2D eigenvalue weighted by molar-refractivity contribution is -0.138. The molecule has 1 aromatic heterocycles. The molecule has 5 heteroatoms. The zero-order valence-corrected chi connectivity index (χ0v) is 13.1. The SMILES string of the molecule is CCOC(=O)/C(C#N)=C/Nc1c2ccccc2nc2ccccc12. The number of carbonyl (C=O) groups is 1. The molecule has 0 fully saturated rings. The fourth-order valence-electron chi connectivity index (χ4n) is 2.49. The number of fused-ring (bicyclic) bond motifs is 2. The molecule has 0 aliphatic rings. The summed E-state index contributed by atoms with van der Waals surface area (Å²) >= 11 is 0. The lowest BCUT2D eigenvalue weighted by Crippen LogP contribution is -2.08. The van der Waals surface area contributed by atoms with E-state index in [0.29, 0.717) is 0 Å². The smallest absolute Gasteiger partial charge is 0.350 e. The maximum atomic E-state index is 11.8. The number of benzene rings is 2. The van der Waals surface area contributed by atoms with Crippen LogP contribution in [0.25, 0.3) is 21.8 Å². The Balaban J connectivity index is 2.13. The van der Waals surface area contributed by atoms with Gasteiger partial charge in [0.1, 0.15) is 6.07 Å². The van der Waals surface area contributed by atoms with Crippen molar-refractivity contribution in [1.82, 2.24) is 4.98 Å². The molecular formula is C19H15N3O2. The molecule has 1 heterocycles. The van der Waals surface area contributed by atoms with E-state index < -0.39 is 5.97 Å². The topological polar surface area (TPSA) is 75.0 Å². The summed E-state index contributed by atoms with van der Waals surface area (Å²) in [5, 5.41) is 14.1. The van der Waals surface area contributed by atoms with Crippen molar-refractivity contribution in [3.05, 3.63) is 60.3 Å². The van der Waals surface area contributed by atoms with Gasteiger partial charge in [0.2, 0.25) is 0 Å². The van der Waals surface area contributed by atoms with Crippen LogP contribution in [0.3, 0.4) is 0 Å². The number of hydrogen-bond acceptors (Lipinski definition) is 5. The summed E-state index contributed by atoms with van der Waals surface area (Å²) < 4.78 is 4.88. The van der Waals surface area contributed by atoms with Gasteiger partial charge in [-0.25, -0.2) is 9.78 Å². The average molecular weight is 317 g/mol. The van der Waals surface area contributed by atoms with E-state index >= 15 is 0 Å². The van der Waals surface area contributed by atoms with Gasteiger partial charge in [-0.1, -0.05) is 36.4 Å². The third kappa shape index (κ3) is 2.90. The average Bonchev–Trinajstić information content (AvgIpc) is 2.61. The molecule has 3 rings (SSSR count). The van der Waals surface area contributed by atoms with Gasteiger partial charge < -0.3 is 10.1 Å². The molecule has 0 unspecified atom stereocenters. The van der Waals surface area contributed by atoms with Gasteiger partial charge in [0, 0.05) is 17.0 Å². The van der Waals surface area contributed by atoms with Crippen LogP contribution in [0, 0.1) is 11.3 Å². The first kappa shape index (κ1) is 15.5. The number of nitrogens with one attached hydrogen (secondary N) is 1. The van der Waals surface area contributed by atoms with E-state index in [-0.39, 0.29) is 12.2 Å². The van der Waals surface area contributed by atoms with E-state index in [2.05, 4.69) is 10.3 Å². The van der Waals surface area contributed by atoms with Gasteiger partial charge >= 0.3 is 5.97 Å². The molecule has 118 valence electrons. The van der Waals surface area contributed by atoms with E-state index in [0.717, 1.165) is 27.5 Å². The van der Waals surface area contributed by atoms with Crippen molar-refractivity contribution in [2.24, 2.45) is 0 Å². The number of esters is 1. The van der Waals surface area contributed by atoms with Gasteiger partial charge in [-0.05, 0) is 19.1 Å². The van der Waals surface area contributed by atoms with Crippen LogP contribution in [0.2, 0.25) is 0 Å². The van der Waals surface area contributed by atoms with E-state index in [9.17, 15) is 4.79 Å². The second-order valence-electron chi connectivity index (χ2n) is 5.06. The van der Waals surface area contributed by atoms with Crippen molar-refractivity contribution in [1.29, 1.82) is 5.26 Å². The molecule has 0 spiro atoms. The summed E-state index contributed by atoms with van der Waals surface area (Å²) in [6, 6.07) is 17.3. The molecule has 1 N–H and O–H groups in total.